The van der Waals surface area contributed by atoms with Gasteiger partial charge in [-0.2, -0.15) is 0 Å². The van der Waals surface area contributed by atoms with Gasteiger partial charge in [0.1, 0.15) is 5.76 Å². The Hall–Kier alpha value is -3.39. The molecule has 1 fully saturated rings. The van der Waals surface area contributed by atoms with Crippen LogP contribution in [0.2, 0.25) is 0 Å². The number of nitrogens with zero attached hydrogens (tertiary/aromatic N) is 1. The van der Waals surface area contributed by atoms with Crippen LogP contribution in [0.5, 0.6) is 0 Å². The van der Waals surface area contributed by atoms with Gasteiger partial charge in [0.2, 0.25) is 5.91 Å². The van der Waals surface area contributed by atoms with Gasteiger partial charge in [-0.15, -0.1) is 11.3 Å². The minimum atomic E-state index is -1.00. The number of benzene rings is 1. The first-order chi connectivity index (χ1) is 16.9. The minimum absolute atomic E-state index is 0.0720. The molecule has 35 heavy (non-hydrogen) atoms. The van der Waals surface area contributed by atoms with Crippen molar-refractivity contribution in [1.82, 2.24) is 10.6 Å². The van der Waals surface area contributed by atoms with Crippen LogP contribution < -0.4 is 15.5 Å². The molecule has 0 bridgehead atoms. The highest BCUT2D eigenvalue weighted by Crippen LogP contribution is 2.32. The fraction of sp³-hybridized carbons (Fsp3) is 0.370. The second-order valence-corrected chi connectivity index (χ2v) is 9.92. The molecule has 2 heterocycles. The van der Waals surface area contributed by atoms with E-state index in [1.54, 1.807) is 24.3 Å². The van der Waals surface area contributed by atoms with E-state index in [1.807, 2.05) is 37.4 Å². The van der Waals surface area contributed by atoms with Crippen molar-refractivity contribution in [1.29, 1.82) is 0 Å². The Labute approximate surface area is 209 Å². The van der Waals surface area contributed by atoms with Crippen LogP contribution in [0.4, 0.5) is 5.69 Å². The number of aryl methyl sites for hydroxylation is 2. The maximum absolute atomic E-state index is 13.7. The van der Waals surface area contributed by atoms with E-state index in [1.165, 1.54) is 28.9 Å². The molecule has 3 aromatic rings. The topological polar surface area (TPSA) is 91.7 Å². The average molecular weight is 494 g/mol. The molecule has 1 atom stereocenters. The summed E-state index contributed by atoms with van der Waals surface area (Å²) in [5.74, 6) is -0.637. The summed E-state index contributed by atoms with van der Waals surface area (Å²) < 4.78 is 5.67. The van der Waals surface area contributed by atoms with Crippen molar-refractivity contribution in [2.75, 3.05) is 11.4 Å². The molecule has 4 rings (SSSR count). The Morgan fingerprint density at radius 1 is 1.09 bits per heavy atom. The average Bonchev–Trinajstić information content (AvgIpc) is 3.58. The molecule has 0 radical (unpaired) electrons. The number of anilines is 1. The molecule has 0 unspecified atom stereocenters. The lowest BCUT2D eigenvalue weighted by atomic mass is 9.95. The zero-order valence-corrected chi connectivity index (χ0v) is 20.9. The second kappa shape index (κ2) is 11.4. The van der Waals surface area contributed by atoms with E-state index in [9.17, 15) is 14.4 Å². The van der Waals surface area contributed by atoms with E-state index in [4.69, 9.17) is 4.42 Å². The number of nitrogens with one attached hydrogen (secondary N) is 2. The molecular weight excluding hydrogens is 462 g/mol. The molecule has 2 N–H and O–H groups in total. The molecule has 0 aliphatic heterocycles. The van der Waals surface area contributed by atoms with Crippen molar-refractivity contribution in [3.63, 3.8) is 0 Å². The summed E-state index contributed by atoms with van der Waals surface area (Å²) in [5.41, 5.74) is 2.41. The van der Waals surface area contributed by atoms with Crippen molar-refractivity contribution in [2.45, 2.75) is 58.0 Å². The summed E-state index contributed by atoms with van der Waals surface area (Å²) >= 11 is 1.30. The van der Waals surface area contributed by atoms with Crippen LogP contribution in [-0.2, 0) is 9.59 Å². The van der Waals surface area contributed by atoms with E-state index in [0.717, 1.165) is 36.8 Å². The van der Waals surface area contributed by atoms with Crippen LogP contribution >= 0.6 is 11.3 Å². The van der Waals surface area contributed by atoms with Gasteiger partial charge in [-0.05, 0) is 67.5 Å². The number of carbonyl (C=O) groups is 3. The number of rotatable bonds is 8. The summed E-state index contributed by atoms with van der Waals surface area (Å²) in [4.78, 5) is 41.9. The molecule has 3 amide bonds. The molecule has 0 saturated heterocycles. The molecular formula is C27H31N3O4S. The van der Waals surface area contributed by atoms with Gasteiger partial charge in [0.15, 0.2) is 6.04 Å². The highest BCUT2D eigenvalue weighted by atomic mass is 32.1. The van der Waals surface area contributed by atoms with Crippen LogP contribution in [0.3, 0.4) is 0 Å². The minimum Gasteiger partial charge on any atom is -0.467 e. The lowest BCUT2D eigenvalue weighted by Gasteiger charge is -2.33. The molecule has 1 aromatic carbocycles. The fourth-order valence-corrected chi connectivity index (χ4v) is 5.12. The highest BCUT2D eigenvalue weighted by Gasteiger charge is 2.36. The lowest BCUT2D eigenvalue weighted by Crippen LogP contribution is -2.49. The Bertz CT molecular complexity index is 1150. The van der Waals surface area contributed by atoms with Crippen LogP contribution in [0.15, 0.2) is 58.5 Å². The van der Waals surface area contributed by atoms with Crippen molar-refractivity contribution in [2.24, 2.45) is 0 Å². The molecule has 0 spiro atoms. The Balaban J connectivity index is 1.67. The van der Waals surface area contributed by atoms with Crippen LogP contribution in [0, 0.1) is 13.8 Å². The molecule has 1 aliphatic rings. The first-order valence-electron chi connectivity index (χ1n) is 12.0. The quantitative estimate of drug-likeness (QED) is 0.466. The first-order valence-corrected chi connectivity index (χ1v) is 12.9. The van der Waals surface area contributed by atoms with E-state index in [-0.39, 0.29) is 24.4 Å². The summed E-state index contributed by atoms with van der Waals surface area (Å²) in [7, 11) is 0. The normalized spacial score (nSPS) is 14.8. The Morgan fingerprint density at radius 3 is 2.57 bits per heavy atom. The third-order valence-corrected chi connectivity index (χ3v) is 7.18. The summed E-state index contributed by atoms with van der Waals surface area (Å²) in [6.07, 6.45) is 6.66. The number of thiophene rings is 1. The van der Waals surface area contributed by atoms with Crippen molar-refractivity contribution in [3.05, 3.63) is 75.9 Å². The van der Waals surface area contributed by atoms with E-state index in [0.29, 0.717) is 16.3 Å². The summed E-state index contributed by atoms with van der Waals surface area (Å²) in [5, 5.41) is 7.67. The third kappa shape index (κ3) is 6.00. The molecule has 1 saturated carbocycles. The zero-order valence-electron chi connectivity index (χ0n) is 20.1. The number of carbonyl (C=O) groups excluding carboxylic acids is 3. The molecule has 7 nitrogen and oxygen atoms in total. The van der Waals surface area contributed by atoms with Crippen molar-refractivity contribution < 1.29 is 18.8 Å². The fourth-order valence-electron chi connectivity index (χ4n) is 4.48. The van der Waals surface area contributed by atoms with Gasteiger partial charge in [-0.25, -0.2) is 0 Å². The maximum atomic E-state index is 13.7. The van der Waals surface area contributed by atoms with Gasteiger partial charge in [0.05, 0.1) is 17.7 Å². The highest BCUT2D eigenvalue weighted by molar-refractivity contribution is 7.12. The van der Waals surface area contributed by atoms with Crippen LogP contribution in [-0.4, -0.2) is 30.3 Å². The zero-order chi connectivity index (χ0) is 24.8. The van der Waals surface area contributed by atoms with E-state index < -0.39 is 11.9 Å². The summed E-state index contributed by atoms with van der Waals surface area (Å²) in [6, 6.07) is 11.8. The predicted octanol–water partition coefficient (Wildman–Crippen LogP) is 4.91. The standard InChI is InChI=1S/C27H31N3O4S/c1-18-12-13-19(2)21(16-18)30(24(31)17-28-26(32)23-11-7-15-35-23)25(22-10-6-14-34-22)27(33)29-20-8-4-3-5-9-20/h6-7,10-16,20,25H,3-5,8-9,17H2,1-2H3,(H,28,32)(H,29,33)/t25-/m0/s1. The summed E-state index contributed by atoms with van der Waals surface area (Å²) in [6.45, 7) is 3.59. The number of hydrogen-bond acceptors (Lipinski definition) is 5. The number of hydrogen-bond donors (Lipinski definition) is 2. The Morgan fingerprint density at radius 2 is 1.89 bits per heavy atom. The largest absolute Gasteiger partial charge is 0.467 e. The molecule has 2 aromatic heterocycles. The maximum Gasteiger partial charge on any atom is 0.261 e. The molecule has 1 aliphatic carbocycles. The monoisotopic (exact) mass is 493 g/mol. The Kier molecular flexibility index (Phi) is 8.02. The predicted molar refractivity (Wildman–Crippen MR) is 137 cm³/mol. The van der Waals surface area contributed by atoms with Gasteiger partial charge in [-0.1, -0.05) is 37.5 Å². The van der Waals surface area contributed by atoms with E-state index >= 15 is 0 Å². The smallest absolute Gasteiger partial charge is 0.261 e. The SMILES string of the molecule is Cc1ccc(C)c(N(C(=O)CNC(=O)c2cccs2)[C@H](C(=O)NC2CCCCC2)c2ccco2)c1. The van der Waals surface area contributed by atoms with Crippen molar-refractivity contribution in [3.8, 4) is 0 Å². The van der Waals surface area contributed by atoms with Gasteiger partial charge in [0.25, 0.3) is 11.8 Å². The van der Waals surface area contributed by atoms with Gasteiger partial charge >= 0.3 is 0 Å². The molecule has 184 valence electrons. The van der Waals surface area contributed by atoms with E-state index in [2.05, 4.69) is 10.6 Å². The van der Waals surface area contributed by atoms with Gasteiger partial charge in [-0.3, -0.25) is 19.3 Å². The van der Waals surface area contributed by atoms with Crippen LogP contribution in [0.25, 0.3) is 0 Å². The van der Waals surface area contributed by atoms with Gasteiger partial charge in [0, 0.05) is 11.7 Å². The molecule has 8 heteroatoms. The lowest BCUT2D eigenvalue weighted by molar-refractivity contribution is -0.127. The number of furan rings is 1. The first kappa shape index (κ1) is 24.7. The van der Waals surface area contributed by atoms with Gasteiger partial charge < -0.3 is 15.1 Å². The second-order valence-electron chi connectivity index (χ2n) is 8.98. The third-order valence-electron chi connectivity index (χ3n) is 6.31. The van der Waals surface area contributed by atoms with Crippen LogP contribution in [0.1, 0.15) is 64.7 Å². The number of amides is 3. The van der Waals surface area contributed by atoms with Crippen molar-refractivity contribution >= 4 is 34.7 Å².